The van der Waals surface area contributed by atoms with Crippen molar-refractivity contribution in [3.05, 3.63) is 108 Å². The van der Waals surface area contributed by atoms with Crippen molar-refractivity contribution >= 4 is 35.0 Å². The largest absolute Gasteiger partial charge is 0.480 e. The minimum atomic E-state index is -2.33. The molecule has 0 saturated carbocycles. The molecule has 0 fully saturated rings. The summed E-state index contributed by atoms with van der Waals surface area (Å²) in [7, 11) is 0. The van der Waals surface area contributed by atoms with Crippen LogP contribution in [0.1, 0.15) is 24.0 Å². The fraction of sp³-hybridized carbons (Fsp3) is 0.143. The lowest BCUT2D eigenvalue weighted by atomic mass is 9.77. The van der Waals surface area contributed by atoms with E-state index in [1.165, 1.54) is 12.2 Å². The molecule has 37 heavy (non-hydrogen) atoms. The van der Waals surface area contributed by atoms with Gasteiger partial charge in [0, 0.05) is 24.0 Å². The van der Waals surface area contributed by atoms with Crippen molar-refractivity contribution in [2.75, 3.05) is 0 Å². The van der Waals surface area contributed by atoms with Crippen molar-refractivity contribution in [3.63, 3.8) is 0 Å². The molecule has 9 nitrogen and oxygen atoms in total. The molecular formula is C28H22O9. The lowest BCUT2D eigenvalue weighted by molar-refractivity contribution is -0.162. The summed E-state index contributed by atoms with van der Waals surface area (Å²) in [6, 6.07) is 17.4. The van der Waals surface area contributed by atoms with Crippen molar-refractivity contribution in [3.8, 4) is 0 Å². The van der Waals surface area contributed by atoms with Gasteiger partial charge in [-0.05, 0) is 11.1 Å². The van der Waals surface area contributed by atoms with Crippen LogP contribution in [0.4, 0.5) is 0 Å². The average molecular weight is 502 g/mol. The van der Waals surface area contributed by atoms with Crippen LogP contribution in [0.5, 0.6) is 0 Å². The van der Waals surface area contributed by atoms with Crippen LogP contribution in [0.2, 0.25) is 0 Å². The summed E-state index contributed by atoms with van der Waals surface area (Å²) in [4.78, 5) is 48.3. The van der Waals surface area contributed by atoms with E-state index in [1.807, 2.05) is 0 Å². The number of allylic oxidation sites excluding steroid dienone is 6. The van der Waals surface area contributed by atoms with Crippen LogP contribution in [0, 0.1) is 10.8 Å². The maximum Gasteiger partial charge on any atom is 0.325 e. The zero-order valence-electron chi connectivity index (χ0n) is 19.3. The topological polar surface area (TPSA) is 158 Å². The lowest BCUT2D eigenvalue weighted by Gasteiger charge is -2.32. The molecule has 0 radical (unpaired) electrons. The Labute approximate surface area is 210 Å². The Morgan fingerprint density at radius 3 is 1.19 bits per heavy atom. The molecule has 4 N–H and O–H groups in total. The third-order valence-electron chi connectivity index (χ3n) is 6.49. The quantitative estimate of drug-likeness (QED) is 0.391. The summed E-state index contributed by atoms with van der Waals surface area (Å²) in [6.07, 6.45) is 3.69. The van der Waals surface area contributed by atoms with Crippen molar-refractivity contribution < 1.29 is 44.3 Å². The summed E-state index contributed by atoms with van der Waals surface area (Å²) in [6.45, 7) is 0. The monoisotopic (exact) mass is 502 g/mol. The Kier molecular flexibility index (Phi) is 6.54. The van der Waals surface area contributed by atoms with Crippen LogP contribution < -0.4 is 0 Å². The first kappa shape index (κ1) is 25.2. The first-order chi connectivity index (χ1) is 17.6. The third-order valence-corrected chi connectivity index (χ3v) is 6.49. The van der Waals surface area contributed by atoms with Gasteiger partial charge < -0.3 is 25.2 Å². The van der Waals surface area contributed by atoms with Gasteiger partial charge in [0.1, 0.15) is 11.5 Å². The van der Waals surface area contributed by atoms with E-state index >= 15 is 0 Å². The number of aliphatic carboxylic acids is 4. The van der Waals surface area contributed by atoms with E-state index in [1.54, 1.807) is 60.7 Å². The molecule has 9 heteroatoms. The summed E-state index contributed by atoms with van der Waals surface area (Å²) >= 11 is 0. The number of carboxylic acids is 4. The molecule has 0 atom stereocenters. The molecular weight excluding hydrogens is 480 g/mol. The lowest BCUT2D eigenvalue weighted by Crippen LogP contribution is -2.40. The molecule has 2 aromatic rings. The molecule has 0 aromatic heterocycles. The number of hydrogen-bond donors (Lipinski definition) is 4. The highest BCUT2D eigenvalue weighted by Gasteiger charge is 2.50. The molecule has 0 spiro atoms. The standard InChI is InChI=1S/C28H22O9/c29-23(30)27(24(31)32)13-11-19(17-7-3-1-4-8-17)21(15-27)37-22-16-28(25(33)34,26(35)36)14-12-20(22)18-9-5-2-6-10-18/h1-14H,15-16H2,(H,29,30)(H,31,32)(H,33,34)(H,35,36). The van der Waals surface area contributed by atoms with Crippen LogP contribution in [0.3, 0.4) is 0 Å². The SMILES string of the molecule is O=C(O)C1(C(=O)O)C=CC(c2ccccc2)=C(OC2=C(c3ccccc3)C=CC(C(=O)O)(C(=O)O)C2)C1. The van der Waals surface area contributed by atoms with Crippen LogP contribution in [-0.2, 0) is 23.9 Å². The molecule has 0 amide bonds. The summed E-state index contributed by atoms with van der Waals surface area (Å²) in [5, 5.41) is 39.2. The van der Waals surface area contributed by atoms with Gasteiger partial charge in [-0.1, -0.05) is 85.0 Å². The molecule has 0 bridgehead atoms. The molecule has 2 aliphatic rings. The second-order valence-electron chi connectivity index (χ2n) is 8.69. The van der Waals surface area contributed by atoms with Gasteiger partial charge in [-0.15, -0.1) is 0 Å². The Hall–Kier alpha value is -4.92. The normalized spacial score (nSPS) is 17.8. The fourth-order valence-electron chi connectivity index (χ4n) is 4.30. The number of hydrogen-bond acceptors (Lipinski definition) is 5. The van der Waals surface area contributed by atoms with Crippen molar-refractivity contribution in [2.24, 2.45) is 10.8 Å². The van der Waals surface area contributed by atoms with E-state index < -0.39 is 47.5 Å². The maximum absolute atomic E-state index is 12.1. The molecule has 0 heterocycles. The number of carbonyl (C=O) groups is 4. The van der Waals surface area contributed by atoms with Crippen LogP contribution in [-0.4, -0.2) is 44.3 Å². The predicted molar refractivity (Wildman–Crippen MR) is 131 cm³/mol. The van der Waals surface area contributed by atoms with Gasteiger partial charge in [0.15, 0.2) is 10.8 Å². The van der Waals surface area contributed by atoms with Gasteiger partial charge in [0.2, 0.25) is 0 Å². The second-order valence-corrected chi connectivity index (χ2v) is 8.69. The number of carboxylic acid groups (broad SMARTS) is 4. The minimum Gasteiger partial charge on any atom is -0.480 e. The molecule has 4 rings (SSSR count). The highest BCUT2D eigenvalue weighted by atomic mass is 16.5. The number of benzene rings is 2. The van der Waals surface area contributed by atoms with Crippen molar-refractivity contribution in [1.29, 1.82) is 0 Å². The van der Waals surface area contributed by atoms with Crippen molar-refractivity contribution in [2.45, 2.75) is 12.8 Å². The highest BCUT2D eigenvalue weighted by Crippen LogP contribution is 2.44. The van der Waals surface area contributed by atoms with E-state index in [0.29, 0.717) is 22.3 Å². The van der Waals surface area contributed by atoms with E-state index in [2.05, 4.69) is 0 Å². The third kappa shape index (κ3) is 4.42. The Morgan fingerprint density at radius 2 is 0.892 bits per heavy atom. The summed E-state index contributed by atoms with van der Waals surface area (Å²) in [5.41, 5.74) is -2.66. The minimum absolute atomic E-state index is 0.0399. The van der Waals surface area contributed by atoms with Gasteiger partial charge in [0.25, 0.3) is 0 Å². The van der Waals surface area contributed by atoms with E-state index in [0.717, 1.165) is 12.2 Å². The van der Waals surface area contributed by atoms with Gasteiger partial charge in [-0.2, -0.15) is 0 Å². The summed E-state index contributed by atoms with van der Waals surface area (Å²) < 4.78 is 6.18. The van der Waals surface area contributed by atoms with Gasteiger partial charge in [-0.25, -0.2) is 0 Å². The van der Waals surface area contributed by atoms with Gasteiger partial charge in [-0.3, -0.25) is 19.2 Å². The molecule has 0 unspecified atom stereocenters. The Bertz CT molecular complexity index is 1260. The van der Waals surface area contributed by atoms with Crippen LogP contribution in [0.15, 0.2) is 96.5 Å². The molecule has 2 aliphatic carbocycles. The first-order valence-electron chi connectivity index (χ1n) is 11.2. The van der Waals surface area contributed by atoms with Crippen molar-refractivity contribution in [1.82, 2.24) is 0 Å². The molecule has 188 valence electrons. The highest BCUT2D eigenvalue weighted by molar-refractivity contribution is 6.03. The number of rotatable bonds is 8. The average Bonchev–Trinajstić information content (AvgIpc) is 2.89. The Morgan fingerprint density at radius 1 is 0.568 bits per heavy atom. The smallest absolute Gasteiger partial charge is 0.325 e. The second kappa shape index (κ2) is 9.62. The summed E-state index contributed by atoms with van der Waals surface area (Å²) in [5.74, 6) is -6.48. The first-order valence-corrected chi connectivity index (χ1v) is 11.2. The fourth-order valence-corrected chi connectivity index (χ4v) is 4.30. The predicted octanol–water partition coefficient (Wildman–Crippen LogP) is 4.06. The Balaban J connectivity index is 1.91. The van der Waals surface area contributed by atoms with E-state index in [9.17, 15) is 39.6 Å². The maximum atomic E-state index is 12.1. The van der Waals surface area contributed by atoms with Crippen LogP contribution >= 0.6 is 0 Å². The molecule has 0 saturated heterocycles. The van der Waals surface area contributed by atoms with Crippen LogP contribution in [0.25, 0.3) is 11.1 Å². The molecule has 0 aliphatic heterocycles. The zero-order valence-corrected chi connectivity index (χ0v) is 19.3. The molecule has 2 aromatic carbocycles. The van der Waals surface area contributed by atoms with Gasteiger partial charge in [0.05, 0.1) is 0 Å². The zero-order chi connectivity index (χ0) is 26.8. The van der Waals surface area contributed by atoms with E-state index in [-0.39, 0.29) is 11.5 Å². The van der Waals surface area contributed by atoms with E-state index in [4.69, 9.17) is 4.74 Å². The number of ether oxygens (including phenoxy) is 1. The van der Waals surface area contributed by atoms with Gasteiger partial charge >= 0.3 is 23.9 Å².